The number of nitrogens with zero attached hydrogens (tertiary/aromatic N) is 1. The van der Waals surface area contributed by atoms with E-state index in [9.17, 15) is 0 Å². The minimum Gasteiger partial charge on any atom is -0.305 e. The zero-order valence-electron chi connectivity index (χ0n) is 4.18. The lowest BCUT2D eigenvalue weighted by atomic mass is 10.3. The van der Waals surface area contributed by atoms with Gasteiger partial charge >= 0.3 is 0 Å². The third-order valence-electron chi connectivity index (χ3n) is 0.733. The predicted octanol–water partition coefficient (Wildman–Crippen LogP) is 0.505. The normalized spacial score (nSPS) is 17.4. The molecule has 0 bridgehead atoms. The molecule has 0 fully saturated rings. The van der Waals surface area contributed by atoms with E-state index in [1.54, 1.807) is 0 Å². The molecule has 0 aliphatic rings. The largest absolute Gasteiger partial charge is 0.305 e. The zero-order chi connectivity index (χ0) is 5.91. The third kappa shape index (κ3) is 2.49. The molecule has 0 aliphatic heterocycles. The van der Waals surface area contributed by atoms with Crippen molar-refractivity contribution in [1.29, 1.82) is 5.26 Å². The van der Waals surface area contributed by atoms with Gasteiger partial charge in [-0.3, -0.25) is 0 Å². The number of thiol groups is 1. The van der Waals surface area contributed by atoms with Crippen LogP contribution in [0.3, 0.4) is 0 Å². The van der Waals surface area contributed by atoms with Crippen LogP contribution in [0.2, 0.25) is 0 Å². The van der Waals surface area contributed by atoms with Crippen molar-refractivity contribution >= 4 is 12.6 Å². The molecule has 1 atom stereocenters. The fourth-order valence-corrected chi connectivity index (χ4v) is 0.0791. The average Bonchev–Trinajstić information content (AvgIpc) is 1.68. The zero-order valence-corrected chi connectivity index (χ0v) is 5.07. The van der Waals surface area contributed by atoms with Crippen molar-refractivity contribution in [3.63, 3.8) is 0 Å². The molecule has 0 radical (unpaired) electrons. The van der Waals surface area contributed by atoms with Gasteiger partial charge in [-0.2, -0.15) is 5.26 Å². The summed E-state index contributed by atoms with van der Waals surface area (Å²) in [6, 6.07) is 1.83. The van der Waals surface area contributed by atoms with E-state index >= 15 is 0 Å². The van der Waals surface area contributed by atoms with E-state index in [0.29, 0.717) is 6.42 Å². The van der Waals surface area contributed by atoms with Gasteiger partial charge in [0.25, 0.3) is 0 Å². The molecule has 0 aliphatic carbocycles. The van der Waals surface area contributed by atoms with Crippen LogP contribution >= 0.6 is 12.6 Å². The Labute approximate surface area is 48.7 Å². The fraction of sp³-hybridized carbons (Fsp3) is 0.750. The van der Waals surface area contributed by atoms with Gasteiger partial charge in [-0.15, -0.1) is 12.6 Å². The molecule has 0 heterocycles. The topological polar surface area (TPSA) is 49.8 Å². The highest BCUT2D eigenvalue weighted by Crippen LogP contribution is 2.07. The molecule has 2 N–H and O–H groups in total. The molecular weight excluding hydrogens is 108 g/mol. The SMILES string of the molecule is CCC(N)(S)C#N. The van der Waals surface area contributed by atoms with Crippen molar-refractivity contribution in [2.24, 2.45) is 5.73 Å². The Kier molecular flexibility index (Phi) is 2.13. The van der Waals surface area contributed by atoms with Crippen LogP contribution < -0.4 is 5.73 Å². The van der Waals surface area contributed by atoms with Gasteiger partial charge < -0.3 is 5.73 Å². The van der Waals surface area contributed by atoms with Gasteiger partial charge in [0.05, 0.1) is 6.07 Å². The Morgan fingerprint density at radius 1 is 2.00 bits per heavy atom. The summed E-state index contributed by atoms with van der Waals surface area (Å²) in [4.78, 5) is -0.917. The number of hydrogen-bond acceptors (Lipinski definition) is 3. The Bertz CT molecular complexity index is 92.4. The van der Waals surface area contributed by atoms with E-state index in [2.05, 4.69) is 12.6 Å². The molecule has 0 aromatic carbocycles. The Morgan fingerprint density at radius 3 is 2.43 bits per heavy atom. The predicted molar refractivity (Wildman–Crippen MR) is 31.8 cm³/mol. The summed E-state index contributed by atoms with van der Waals surface area (Å²) in [6.45, 7) is 1.82. The van der Waals surface area contributed by atoms with Gasteiger partial charge in [0.15, 0.2) is 0 Å². The Balaban J connectivity index is 3.66. The van der Waals surface area contributed by atoms with Crippen LogP contribution in [0, 0.1) is 11.3 Å². The minimum atomic E-state index is -0.917. The maximum absolute atomic E-state index is 8.14. The van der Waals surface area contributed by atoms with E-state index in [-0.39, 0.29) is 0 Å². The summed E-state index contributed by atoms with van der Waals surface area (Å²) in [6.07, 6.45) is 0.576. The van der Waals surface area contributed by atoms with E-state index in [1.807, 2.05) is 13.0 Å². The molecule has 0 saturated carbocycles. The van der Waals surface area contributed by atoms with Gasteiger partial charge in [-0.1, -0.05) is 6.92 Å². The first-order chi connectivity index (χ1) is 3.12. The van der Waals surface area contributed by atoms with Crippen LogP contribution in [0.1, 0.15) is 13.3 Å². The Hall–Kier alpha value is -0.200. The van der Waals surface area contributed by atoms with Gasteiger partial charge in [-0.25, -0.2) is 0 Å². The first-order valence-corrected chi connectivity index (χ1v) is 2.49. The second-order valence-corrected chi connectivity index (χ2v) is 2.19. The van der Waals surface area contributed by atoms with Crippen LogP contribution in [-0.2, 0) is 0 Å². The molecule has 0 amide bonds. The molecule has 0 aromatic heterocycles. The van der Waals surface area contributed by atoms with Crippen molar-refractivity contribution < 1.29 is 0 Å². The summed E-state index contributed by atoms with van der Waals surface area (Å²) in [5.41, 5.74) is 5.22. The highest BCUT2D eigenvalue weighted by molar-refractivity contribution is 7.82. The molecule has 0 aromatic rings. The van der Waals surface area contributed by atoms with E-state index < -0.39 is 4.87 Å². The second-order valence-electron chi connectivity index (χ2n) is 1.39. The molecule has 0 saturated heterocycles. The van der Waals surface area contributed by atoms with Crippen LogP contribution in [0.5, 0.6) is 0 Å². The van der Waals surface area contributed by atoms with Crippen LogP contribution in [0.25, 0.3) is 0 Å². The minimum absolute atomic E-state index is 0.576. The highest BCUT2D eigenvalue weighted by Gasteiger charge is 2.13. The molecule has 1 unspecified atom stereocenters. The second kappa shape index (κ2) is 2.20. The lowest BCUT2D eigenvalue weighted by Gasteiger charge is -2.07. The van der Waals surface area contributed by atoms with Crippen molar-refractivity contribution in [3.05, 3.63) is 0 Å². The quantitative estimate of drug-likeness (QED) is 0.387. The lowest BCUT2D eigenvalue weighted by molar-refractivity contribution is 0.739. The maximum atomic E-state index is 8.14. The van der Waals surface area contributed by atoms with Gasteiger partial charge in [0.1, 0.15) is 4.87 Å². The summed E-state index contributed by atoms with van der Waals surface area (Å²) < 4.78 is 0. The Morgan fingerprint density at radius 2 is 2.43 bits per heavy atom. The molecule has 40 valence electrons. The number of nitriles is 1. The maximum Gasteiger partial charge on any atom is 0.147 e. The fourth-order valence-electron chi connectivity index (χ4n) is 0.0791. The van der Waals surface area contributed by atoms with Crippen LogP contribution in [0.15, 0.2) is 0 Å². The van der Waals surface area contributed by atoms with Crippen molar-refractivity contribution in [2.45, 2.75) is 18.2 Å². The monoisotopic (exact) mass is 116 g/mol. The number of rotatable bonds is 1. The van der Waals surface area contributed by atoms with Crippen LogP contribution in [-0.4, -0.2) is 4.87 Å². The lowest BCUT2D eigenvalue weighted by Crippen LogP contribution is -2.29. The number of hydrogen-bond donors (Lipinski definition) is 2. The van der Waals surface area contributed by atoms with E-state index in [0.717, 1.165) is 0 Å². The summed E-state index contributed by atoms with van der Waals surface area (Å²) in [5.74, 6) is 0. The smallest absolute Gasteiger partial charge is 0.147 e. The molecule has 7 heavy (non-hydrogen) atoms. The van der Waals surface area contributed by atoms with E-state index in [1.165, 1.54) is 0 Å². The first kappa shape index (κ1) is 6.80. The molecular formula is C4H8N2S. The van der Waals surface area contributed by atoms with Crippen LogP contribution in [0.4, 0.5) is 0 Å². The number of nitrogens with two attached hydrogens (primary N) is 1. The third-order valence-corrected chi connectivity index (χ3v) is 1.15. The van der Waals surface area contributed by atoms with E-state index in [4.69, 9.17) is 11.0 Å². The summed E-state index contributed by atoms with van der Waals surface area (Å²) in [5, 5.41) is 8.14. The molecule has 0 rings (SSSR count). The van der Waals surface area contributed by atoms with Gasteiger partial charge in [0.2, 0.25) is 0 Å². The highest BCUT2D eigenvalue weighted by atomic mass is 32.1. The van der Waals surface area contributed by atoms with Gasteiger partial charge in [-0.05, 0) is 6.42 Å². The van der Waals surface area contributed by atoms with Crippen molar-refractivity contribution in [2.75, 3.05) is 0 Å². The standard InChI is InChI=1S/C4H8N2S/c1-2-4(6,7)3-5/h7H,2,6H2,1H3. The first-order valence-electron chi connectivity index (χ1n) is 2.05. The summed E-state index contributed by atoms with van der Waals surface area (Å²) >= 11 is 3.80. The molecule has 3 heteroatoms. The van der Waals surface area contributed by atoms with Gasteiger partial charge in [0, 0.05) is 0 Å². The van der Waals surface area contributed by atoms with Crippen molar-refractivity contribution in [1.82, 2.24) is 0 Å². The molecule has 0 spiro atoms. The summed E-state index contributed by atoms with van der Waals surface area (Å²) in [7, 11) is 0. The average molecular weight is 116 g/mol. The van der Waals surface area contributed by atoms with Crippen molar-refractivity contribution in [3.8, 4) is 6.07 Å². The molecule has 2 nitrogen and oxygen atoms in total.